The van der Waals surface area contributed by atoms with Gasteiger partial charge in [0.2, 0.25) is 17.7 Å². The third-order valence-electron chi connectivity index (χ3n) is 8.11. The number of thioether (sulfide) groups is 1. The summed E-state index contributed by atoms with van der Waals surface area (Å²) in [6.07, 6.45) is 2.29. The summed E-state index contributed by atoms with van der Waals surface area (Å²) in [5, 5.41) is 16.2. The number of para-hydroxylation sites is 1. The highest BCUT2D eigenvalue weighted by Crippen LogP contribution is 2.66. The largest absolute Gasteiger partial charge is 0.394 e. The van der Waals surface area contributed by atoms with Crippen LogP contribution in [0.15, 0.2) is 18.2 Å². The lowest BCUT2D eigenvalue weighted by Gasteiger charge is -2.39. The van der Waals surface area contributed by atoms with E-state index in [1.165, 1.54) is 0 Å². The molecule has 7 nitrogen and oxygen atoms in total. The van der Waals surface area contributed by atoms with E-state index in [4.69, 9.17) is 0 Å². The number of carbonyl (C=O) groups excluding carboxylic acids is 3. The third-order valence-corrected chi connectivity index (χ3v) is 10.1. The molecule has 3 amide bonds. The number of hydrogen-bond donors (Lipinski definition) is 3. The quantitative estimate of drug-likeness (QED) is 0.565. The van der Waals surface area contributed by atoms with Crippen LogP contribution >= 0.6 is 11.8 Å². The van der Waals surface area contributed by atoms with Crippen molar-refractivity contribution in [3.8, 4) is 0 Å². The topological polar surface area (TPSA) is 98.7 Å². The number of hydrogen-bond acceptors (Lipinski definition) is 5. The summed E-state index contributed by atoms with van der Waals surface area (Å²) >= 11 is 1.65. The van der Waals surface area contributed by atoms with Crippen LogP contribution in [-0.2, 0) is 14.4 Å². The molecule has 3 fully saturated rings. The maximum Gasteiger partial charge on any atom is 0.248 e. The summed E-state index contributed by atoms with van der Waals surface area (Å²) < 4.78 is -0.652. The van der Waals surface area contributed by atoms with Crippen molar-refractivity contribution in [2.75, 3.05) is 19.0 Å². The molecule has 1 aromatic carbocycles. The van der Waals surface area contributed by atoms with Gasteiger partial charge in [0.05, 0.1) is 29.2 Å². The van der Waals surface area contributed by atoms with Crippen molar-refractivity contribution in [1.29, 1.82) is 0 Å². The molecule has 3 saturated heterocycles. The summed E-state index contributed by atoms with van der Waals surface area (Å²) in [4.78, 5) is 42.4. The fourth-order valence-corrected chi connectivity index (χ4v) is 8.44. The Morgan fingerprint density at radius 3 is 2.52 bits per heavy atom. The molecule has 3 N–H and O–H groups in total. The van der Waals surface area contributed by atoms with Gasteiger partial charge >= 0.3 is 0 Å². The normalized spacial score (nSPS) is 31.9. The number of benzene rings is 1. The molecule has 3 heterocycles. The Morgan fingerprint density at radius 1 is 1.27 bits per heavy atom. The zero-order valence-corrected chi connectivity index (χ0v) is 20.9. The number of likely N-dealkylation sites (tertiary alicyclic amines) is 1. The van der Waals surface area contributed by atoms with Crippen molar-refractivity contribution in [3.63, 3.8) is 0 Å². The first-order chi connectivity index (χ1) is 15.7. The Balaban J connectivity index is 1.80. The summed E-state index contributed by atoms with van der Waals surface area (Å²) in [6, 6.07) is 4.65. The van der Waals surface area contributed by atoms with Crippen LogP contribution in [0.1, 0.15) is 44.2 Å². The summed E-state index contributed by atoms with van der Waals surface area (Å²) in [6.45, 7) is 7.71. The van der Waals surface area contributed by atoms with Crippen molar-refractivity contribution in [2.45, 2.75) is 69.0 Å². The number of amides is 3. The van der Waals surface area contributed by atoms with Gasteiger partial charge in [-0.2, -0.15) is 0 Å². The van der Waals surface area contributed by atoms with Crippen LogP contribution in [0, 0.1) is 31.6 Å². The highest BCUT2D eigenvalue weighted by atomic mass is 32.2. The molecule has 1 aromatic rings. The first-order valence-electron chi connectivity index (χ1n) is 11.9. The molecule has 0 radical (unpaired) electrons. The molecule has 0 aromatic heterocycles. The lowest BCUT2D eigenvalue weighted by Crippen LogP contribution is -2.56. The van der Waals surface area contributed by atoms with Gasteiger partial charge in [0.25, 0.3) is 0 Å². The van der Waals surface area contributed by atoms with Crippen LogP contribution in [0.3, 0.4) is 0 Å². The van der Waals surface area contributed by atoms with Crippen LogP contribution in [-0.4, -0.2) is 63.5 Å². The molecule has 0 saturated carbocycles. The number of fused-ring (bicyclic) bond motifs is 1. The van der Waals surface area contributed by atoms with Crippen LogP contribution in [0.2, 0.25) is 0 Å². The molecule has 7 atom stereocenters. The van der Waals surface area contributed by atoms with Crippen LogP contribution in [0.25, 0.3) is 0 Å². The minimum atomic E-state index is -0.732. The molecule has 3 aliphatic heterocycles. The number of aliphatic hydroxyl groups is 1. The van der Waals surface area contributed by atoms with E-state index < -0.39 is 28.7 Å². The first-order valence-corrected chi connectivity index (χ1v) is 12.8. The molecule has 33 heavy (non-hydrogen) atoms. The minimum absolute atomic E-state index is 0.0188. The van der Waals surface area contributed by atoms with Crippen LogP contribution in [0.5, 0.6) is 0 Å². The molecule has 2 bridgehead atoms. The Bertz CT molecular complexity index is 949. The predicted molar refractivity (Wildman–Crippen MR) is 130 cm³/mol. The van der Waals surface area contributed by atoms with Gasteiger partial charge in [-0.3, -0.25) is 14.4 Å². The van der Waals surface area contributed by atoms with Crippen molar-refractivity contribution in [2.24, 2.45) is 17.8 Å². The van der Waals surface area contributed by atoms with E-state index in [0.717, 1.165) is 29.7 Å². The second kappa shape index (κ2) is 8.95. The fraction of sp³-hybridized carbons (Fsp3) is 0.640. The first kappa shape index (κ1) is 24.1. The number of rotatable bonds is 7. The lowest BCUT2D eigenvalue weighted by atomic mass is 9.70. The van der Waals surface area contributed by atoms with Crippen molar-refractivity contribution in [1.82, 2.24) is 10.2 Å². The summed E-state index contributed by atoms with van der Waals surface area (Å²) in [5.41, 5.74) is 2.68. The SMILES string of the molecule is CC[C@H](C)[C@H](CO)N1C(=O)[C@@H]2[C@@H](C(=O)NC)[C@H]3CCC2(S3)C1C(=O)Nc1c(C)cccc1C. The Labute approximate surface area is 200 Å². The van der Waals surface area contributed by atoms with Gasteiger partial charge in [-0.1, -0.05) is 38.5 Å². The Morgan fingerprint density at radius 2 is 1.94 bits per heavy atom. The summed E-state index contributed by atoms with van der Waals surface area (Å²) in [5.74, 6) is -1.50. The maximum absolute atomic E-state index is 14.0. The van der Waals surface area contributed by atoms with E-state index in [1.807, 2.05) is 45.9 Å². The molecular weight excluding hydrogens is 438 g/mol. The van der Waals surface area contributed by atoms with Gasteiger partial charge in [0.15, 0.2) is 0 Å². The molecule has 8 heteroatoms. The number of anilines is 1. The molecule has 1 spiro atoms. The molecule has 0 aliphatic carbocycles. The maximum atomic E-state index is 14.0. The predicted octanol–water partition coefficient (Wildman–Crippen LogP) is 2.49. The van der Waals surface area contributed by atoms with Gasteiger partial charge in [-0.25, -0.2) is 0 Å². The Hall–Kier alpha value is -2.06. The zero-order valence-electron chi connectivity index (χ0n) is 20.1. The number of carbonyl (C=O) groups is 3. The third kappa shape index (κ3) is 3.57. The second-order valence-electron chi connectivity index (χ2n) is 9.81. The van der Waals surface area contributed by atoms with E-state index in [-0.39, 0.29) is 35.5 Å². The Kier molecular flexibility index (Phi) is 6.53. The van der Waals surface area contributed by atoms with Crippen LogP contribution in [0.4, 0.5) is 5.69 Å². The molecule has 180 valence electrons. The van der Waals surface area contributed by atoms with Crippen molar-refractivity contribution >= 4 is 35.2 Å². The summed E-state index contributed by atoms with van der Waals surface area (Å²) in [7, 11) is 1.60. The van der Waals surface area contributed by atoms with Gasteiger partial charge < -0.3 is 20.6 Å². The average Bonchev–Trinajstić information content (AvgIpc) is 3.44. The average molecular weight is 474 g/mol. The van der Waals surface area contributed by atoms with Gasteiger partial charge in [-0.15, -0.1) is 11.8 Å². The van der Waals surface area contributed by atoms with Gasteiger partial charge in [-0.05, 0) is 43.7 Å². The second-order valence-corrected chi connectivity index (χ2v) is 11.4. The zero-order chi connectivity index (χ0) is 24.1. The highest BCUT2D eigenvalue weighted by molar-refractivity contribution is 8.02. The molecular formula is C25H35N3O4S. The monoisotopic (exact) mass is 473 g/mol. The number of aryl methyl sites for hydroxylation is 2. The minimum Gasteiger partial charge on any atom is -0.394 e. The molecule has 3 aliphatic rings. The standard InChI is InChI=1S/C25H35N3O4S/c1-6-13(2)16(12-29)28-21(23(31)27-20-14(3)8-7-9-15(20)4)25-11-10-17(33-25)18(22(30)26-5)19(25)24(28)32/h7-9,13,16-19,21,29H,6,10-12H2,1-5H3,(H,26,30)(H,27,31)/t13-,16-,17+,18-,19-,21?,25?/m0/s1. The van der Waals surface area contributed by atoms with Crippen molar-refractivity contribution in [3.05, 3.63) is 29.3 Å². The molecule has 4 rings (SSSR count). The smallest absolute Gasteiger partial charge is 0.248 e. The van der Waals surface area contributed by atoms with Gasteiger partial charge in [0.1, 0.15) is 6.04 Å². The van der Waals surface area contributed by atoms with Crippen LogP contribution < -0.4 is 10.6 Å². The lowest BCUT2D eigenvalue weighted by molar-refractivity contribution is -0.143. The van der Waals surface area contributed by atoms with E-state index in [9.17, 15) is 19.5 Å². The van der Waals surface area contributed by atoms with E-state index in [1.54, 1.807) is 23.7 Å². The van der Waals surface area contributed by atoms with Gasteiger partial charge in [0, 0.05) is 18.0 Å². The van der Waals surface area contributed by atoms with E-state index >= 15 is 0 Å². The number of nitrogens with zero attached hydrogens (tertiary/aromatic N) is 1. The number of aliphatic hydroxyl groups excluding tert-OH is 1. The fourth-order valence-electron chi connectivity index (χ4n) is 6.23. The van der Waals surface area contributed by atoms with E-state index in [2.05, 4.69) is 10.6 Å². The number of nitrogens with one attached hydrogen (secondary N) is 2. The highest BCUT2D eigenvalue weighted by Gasteiger charge is 2.74. The van der Waals surface area contributed by atoms with E-state index in [0.29, 0.717) is 6.42 Å². The molecule has 2 unspecified atom stereocenters. The van der Waals surface area contributed by atoms with Crippen molar-refractivity contribution < 1.29 is 19.5 Å².